The second kappa shape index (κ2) is 7.23. The normalized spacial score (nSPS) is 12.2. The van der Waals surface area contributed by atoms with Gasteiger partial charge in [-0.3, -0.25) is 0 Å². The summed E-state index contributed by atoms with van der Waals surface area (Å²) in [6.45, 7) is 2.98. The summed E-state index contributed by atoms with van der Waals surface area (Å²) in [6.07, 6.45) is 0.831. The molecule has 1 N–H and O–H groups in total. The van der Waals surface area contributed by atoms with Crippen LogP contribution in [0.2, 0.25) is 0 Å². The maximum absolute atomic E-state index is 13.1. The van der Waals surface area contributed by atoms with E-state index in [1.54, 1.807) is 12.1 Å². The van der Waals surface area contributed by atoms with E-state index in [1.165, 1.54) is 17.3 Å². The maximum atomic E-state index is 13.1. The molecule has 0 aliphatic carbocycles. The SMILES string of the molecule is CC(NCCc1cccc(F)c1)c1ccc(N(C)C)cc1. The molecule has 0 bridgehead atoms. The molecule has 0 saturated carbocycles. The minimum Gasteiger partial charge on any atom is -0.378 e. The predicted octanol–water partition coefficient (Wildman–Crippen LogP) is 3.79. The topological polar surface area (TPSA) is 15.3 Å². The van der Waals surface area contributed by atoms with Crippen LogP contribution in [-0.4, -0.2) is 20.6 Å². The molecule has 2 rings (SSSR count). The van der Waals surface area contributed by atoms with Gasteiger partial charge in [0.2, 0.25) is 0 Å². The van der Waals surface area contributed by atoms with Crippen molar-refractivity contribution in [3.05, 3.63) is 65.5 Å². The Morgan fingerprint density at radius 3 is 2.43 bits per heavy atom. The molecule has 2 aromatic carbocycles. The van der Waals surface area contributed by atoms with Gasteiger partial charge in [-0.2, -0.15) is 0 Å². The third-order valence-corrected chi connectivity index (χ3v) is 3.66. The molecule has 2 nitrogen and oxygen atoms in total. The maximum Gasteiger partial charge on any atom is 0.123 e. The summed E-state index contributed by atoms with van der Waals surface area (Å²) in [5.41, 5.74) is 3.49. The third-order valence-electron chi connectivity index (χ3n) is 3.66. The van der Waals surface area contributed by atoms with E-state index < -0.39 is 0 Å². The third kappa shape index (κ3) is 4.57. The second-order valence-electron chi connectivity index (χ2n) is 5.54. The van der Waals surface area contributed by atoms with Crippen molar-refractivity contribution in [1.29, 1.82) is 0 Å². The van der Waals surface area contributed by atoms with Gasteiger partial charge < -0.3 is 10.2 Å². The van der Waals surface area contributed by atoms with Gasteiger partial charge in [-0.15, -0.1) is 0 Å². The Morgan fingerprint density at radius 2 is 1.81 bits per heavy atom. The van der Waals surface area contributed by atoms with Crippen LogP contribution >= 0.6 is 0 Å². The fraction of sp³-hybridized carbons (Fsp3) is 0.333. The van der Waals surface area contributed by atoms with Gasteiger partial charge in [-0.05, 0) is 55.3 Å². The molecular formula is C18H23FN2. The van der Waals surface area contributed by atoms with Crippen molar-refractivity contribution in [3.8, 4) is 0 Å². The number of benzene rings is 2. The zero-order valence-corrected chi connectivity index (χ0v) is 12.9. The van der Waals surface area contributed by atoms with Gasteiger partial charge in [-0.1, -0.05) is 24.3 Å². The van der Waals surface area contributed by atoms with E-state index in [0.29, 0.717) is 0 Å². The summed E-state index contributed by atoms with van der Waals surface area (Å²) < 4.78 is 13.1. The van der Waals surface area contributed by atoms with Crippen molar-refractivity contribution in [2.45, 2.75) is 19.4 Å². The van der Waals surface area contributed by atoms with Crippen LogP contribution in [0, 0.1) is 5.82 Å². The van der Waals surface area contributed by atoms with Crippen molar-refractivity contribution in [3.63, 3.8) is 0 Å². The molecule has 0 aromatic heterocycles. The number of halogens is 1. The van der Waals surface area contributed by atoms with Crippen LogP contribution in [0.4, 0.5) is 10.1 Å². The summed E-state index contributed by atoms with van der Waals surface area (Å²) in [5, 5.41) is 3.48. The van der Waals surface area contributed by atoms with E-state index in [-0.39, 0.29) is 11.9 Å². The molecule has 3 heteroatoms. The Kier molecular flexibility index (Phi) is 5.34. The monoisotopic (exact) mass is 286 g/mol. The van der Waals surface area contributed by atoms with E-state index >= 15 is 0 Å². The zero-order chi connectivity index (χ0) is 15.2. The molecule has 0 aliphatic rings. The van der Waals surface area contributed by atoms with Crippen LogP contribution in [0.3, 0.4) is 0 Å². The van der Waals surface area contributed by atoms with Crippen LogP contribution in [0.15, 0.2) is 48.5 Å². The minimum absolute atomic E-state index is 0.167. The summed E-state index contributed by atoms with van der Waals surface area (Å²) in [6, 6.07) is 15.6. The first-order valence-corrected chi connectivity index (χ1v) is 7.31. The number of nitrogens with zero attached hydrogens (tertiary/aromatic N) is 1. The lowest BCUT2D eigenvalue weighted by Gasteiger charge is -2.17. The van der Waals surface area contributed by atoms with Crippen LogP contribution in [-0.2, 0) is 6.42 Å². The number of hydrogen-bond donors (Lipinski definition) is 1. The highest BCUT2D eigenvalue weighted by Gasteiger charge is 2.05. The quantitative estimate of drug-likeness (QED) is 0.869. The Hall–Kier alpha value is -1.87. The standard InChI is InChI=1S/C18H23FN2/c1-14(16-7-9-18(10-8-16)21(2)3)20-12-11-15-5-4-6-17(19)13-15/h4-10,13-14,20H,11-12H2,1-3H3. The molecule has 112 valence electrons. The molecule has 0 saturated heterocycles. The average Bonchev–Trinajstić information content (AvgIpc) is 2.47. The fourth-order valence-electron chi connectivity index (χ4n) is 2.30. The Bertz CT molecular complexity index is 564. The van der Waals surface area contributed by atoms with E-state index in [0.717, 1.165) is 18.5 Å². The second-order valence-corrected chi connectivity index (χ2v) is 5.54. The summed E-state index contributed by atoms with van der Waals surface area (Å²) >= 11 is 0. The number of nitrogens with one attached hydrogen (secondary N) is 1. The average molecular weight is 286 g/mol. The van der Waals surface area contributed by atoms with Crippen molar-refractivity contribution in [2.75, 3.05) is 25.5 Å². The molecule has 0 heterocycles. The summed E-state index contributed by atoms with van der Waals surface area (Å²) in [7, 11) is 4.07. The van der Waals surface area contributed by atoms with Gasteiger partial charge in [0.1, 0.15) is 5.82 Å². The Labute approximate surface area is 126 Å². The highest BCUT2D eigenvalue weighted by Crippen LogP contribution is 2.17. The van der Waals surface area contributed by atoms with Crippen molar-refractivity contribution < 1.29 is 4.39 Å². The molecular weight excluding hydrogens is 263 g/mol. The minimum atomic E-state index is -0.167. The summed E-state index contributed by atoms with van der Waals surface area (Å²) in [4.78, 5) is 2.09. The Morgan fingerprint density at radius 1 is 1.10 bits per heavy atom. The van der Waals surface area contributed by atoms with E-state index in [1.807, 2.05) is 20.2 Å². The van der Waals surface area contributed by atoms with Gasteiger partial charge >= 0.3 is 0 Å². The van der Waals surface area contributed by atoms with E-state index in [2.05, 4.69) is 41.4 Å². The zero-order valence-electron chi connectivity index (χ0n) is 12.9. The molecule has 1 unspecified atom stereocenters. The van der Waals surface area contributed by atoms with Crippen LogP contribution in [0.25, 0.3) is 0 Å². The molecule has 1 atom stereocenters. The smallest absolute Gasteiger partial charge is 0.123 e. The summed E-state index contributed by atoms with van der Waals surface area (Å²) in [5.74, 6) is -0.167. The first kappa shape index (κ1) is 15.5. The van der Waals surface area contributed by atoms with E-state index in [4.69, 9.17) is 0 Å². The van der Waals surface area contributed by atoms with Crippen LogP contribution < -0.4 is 10.2 Å². The highest BCUT2D eigenvalue weighted by molar-refractivity contribution is 5.46. The first-order chi connectivity index (χ1) is 10.1. The lowest BCUT2D eigenvalue weighted by molar-refractivity contribution is 0.574. The van der Waals surface area contributed by atoms with Gasteiger partial charge in [0.05, 0.1) is 0 Å². The molecule has 0 fully saturated rings. The largest absolute Gasteiger partial charge is 0.378 e. The lowest BCUT2D eigenvalue weighted by atomic mass is 10.1. The lowest BCUT2D eigenvalue weighted by Crippen LogP contribution is -2.21. The fourth-order valence-corrected chi connectivity index (χ4v) is 2.30. The highest BCUT2D eigenvalue weighted by atomic mass is 19.1. The number of hydrogen-bond acceptors (Lipinski definition) is 2. The van der Waals surface area contributed by atoms with Crippen molar-refractivity contribution in [2.24, 2.45) is 0 Å². The van der Waals surface area contributed by atoms with Gasteiger partial charge in [0.25, 0.3) is 0 Å². The molecule has 0 radical (unpaired) electrons. The molecule has 0 aliphatic heterocycles. The van der Waals surface area contributed by atoms with Crippen molar-refractivity contribution in [1.82, 2.24) is 5.32 Å². The number of anilines is 1. The van der Waals surface area contributed by atoms with Gasteiger partial charge in [-0.25, -0.2) is 4.39 Å². The predicted molar refractivity (Wildman–Crippen MR) is 87.3 cm³/mol. The number of rotatable bonds is 6. The molecule has 21 heavy (non-hydrogen) atoms. The van der Waals surface area contributed by atoms with E-state index in [9.17, 15) is 4.39 Å². The van der Waals surface area contributed by atoms with Gasteiger partial charge in [0.15, 0.2) is 0 Å². The van der Waals surface area contributed by atoms with Crippen LogP contribution in [0.1, 0.15) is 24.1 Å². The molecule has 0 amide bonds. The molecule has 2 aromatic rings. The van der Waals surface area contributed by atoms with Gasteiger partial charge in [0, 0.05) is 25.8 Å². The molecule has 0 spiro atoms. The van der Waals surface area contributed by atoms with Crippen LogP contribution in [0.5, 0.6) is 0 Å². The first-order valence-electron chi connectivity index (χ1n) is 7.31. The van der Waals surface area contributed by atoms with Crippen molar-refractivity contribution >= 4 is 5.69 Å². The Balaban J connectivity index is 1.85.